The number of nitrogens with one attached hydrogen (secondary N) is 2. The smallest absolute Gasteiger partial charge is 0.266 e. The highest BCUT2D eigenvalue weighted by molar-refractivity contribution is 7.91. The molecule has 0 bridgehead atoms. The Kier molecular flexibility index (Phi) is 5.24. The van der Waals surface area contributed by atoms with Gasteiger partial charge >= 0.3 is 0 Å². The van der Waals surface area contributed by atoms with Crippen LogP contribution >= 0.6 is 11.3 Å². The van der Waals surface area contributed by atoms with Crippen LogP contribution in [0.25, 0.3) is 0 Å². The van der Waals surface area contributed by atoms with Crippen molar-refractivity contribution in [1.29, 1.82) is 0 Å². The van der Waals surface area contributed by atoms with Crippen molar-refractivity contribution in [3.05, 3.63) is 40.8 Å². The summed E-state index contributed by atoms with van der Waals surface area (Å²) in [6, 6.07) is 7.72. The minimum Gasteiger partial charge on any atom is -0.497 e. The molecule has 0 atom stereocenters. The van der Waals surface area contributed by atoms with Crippen LogP contribution in [0, 0.1) is 6.92 Å². The second kappa shape index (κ2) is 6.99. The number of benzene rings is 1. The van der Waals surface area contributed by atoms with Crippen molar-refractivity contribution < 1.29 is 22.7 Å². The van der Waals surface area contributed by atoms with Gasteiger partial charge in [0.25, 0.3) is 15.9 Å². The van der Waals surface area contributed by atoms with Crippen molar-refractivity contribution >= 4 is 27.3 Å². The van der Waals surface area contributed by atoms with Crippen molar-refractivity contribution in [2.45, 2.75) is 11.1 Å². The zero-order chi connectivity index (χ0) is 17.0. The van der Waals surface area contributed by atoms with Crippen LogP contribution in [-0.2, 0) is 10.0 Å². The lowest BCUT2D eigenvalue weighted by atomic mass is 10.2. The number of ether oxygens (including phenoxy) is 2. The number of methoxy groups -OCH3 is 2. The molecule has 0 saturated heterocycles. The number of hydrogen-bond donors (Lipinski definition) is 2. The van der Waals surface area contributed by atoms with Gasteiger partial charge in [0, 0.05) is 16.5 Å². The topological polar surface area (TPSA) is 93.7 Å². The van der Waals surface area contributed by atoms with Crippen LogP contribution in [0.2, 0.25) is 0 Å². The fourth-order valence-electron chi connectivity index (χ4n) is 1.73. The van der Waals surface area contributed by atoms with Gasteiger partial charge in [0.15, 0.2) is 0 Å². The molecule has 0 radical (unpaired) electrons. The summed E-state index contributed by atoms with van der Waals surface area (Å²) in [7, 11) is -0.887. The van der Waals surface area contributed by atoms with E-state index < -0.39 is 15.9 Å². The normalized spacial score (nSPS) is 11.1. The first kappa shape index (κ1) is 17.3. The predicted octanol–water partition coefficient (Wildman–Crippen LogP) is 1.70. The van der Waals surface area contributed by atoms with Gasteiger partial charge in [-0.25, -0.2) is 8.42 Å². The Bertz CT molecular complexity index is 792. The first-order valence-electron chi connectivity index (χ1n) is 6.47. The molecule has 1 amide bonds. The number of hydrogen-bond acceptors (Lipinski definition) is 6. The molecule has 0 aliphatic heterocycles. The standard InChI is InChI=1S/C14H16N2O5S2/c1-9-4-5-13(22-9)23(18,19)16-15-14(17)10-6-11(20-2)8-12(7-10)21-3/h4-8,16H,1-3H3,(H,15,17). The molecule has 124 valence electrons. The summed E-state index contributed by atoms with van der Waals surface area (Å²) in [5.74, 6) is 0.219. The highest BCUT2D eigenvalue weighted by Crippen LogP contribution is 2.23. The van der Waals surface area contributed by atoms with Crippen molar-refractivity contribution in [2.24, 2.45) is 0 Å². The number of carbonyl (C=O) groups is 1. The molecule has 0 unspecified atom stereocenters. The first-order valence-corrected chi connectivity index (χ1v) is 8.77. The van der Waals surface area contributed by atoms with Gasteiger partial charge in [-0.15, -0.1) is 16.2 Å². The molecule has 1 aromatic carbocycles. The fourth-order valence-corrected chi connectivity index (χ4v) is 3.85. The van der Waals surface area contributed by atoms with Crippen molar-refractivity contribution in [3.8, 4) is 11.5 Å². The second-order valence-electron chi connectivity index (χ2n) is 4.53. The molecule has 1 heterocycles. The Balaban J connectivity index is 2.13. The minimum atomic E-state index is -3.80. The van der Waals surface area contributed by atoms with Crippen LogP contribution in [0.4, 0.5) is 0 Å². The maximum Gasteiger partial charge on any atom is 0.266 e. The molecule has 0 fully saturated rings. The van der Waals surface area contributed by atoms with Crippen LogP contribution in [0.5, 0.6) is 11.5 Å². The lowest BCUT2D eigenvalue weighted by Crippen LogP contribution is -2.41. The maximum atomic E-state index is 12.1. The van der Waals surface area contributed by atoms with E-state index in [0.29, 0.717) is 11.5 Å². The van der Waals surface area contributed by atoms with Crippen LogP contribution in [-0.4, -0.2) is 28.5 Å². The summed E-state index contributed by atoms with van der Waals surface area (Å²) in [5.41, 5.74) is 2.37. The molecule has 2 N–H and O–H groups in total. The minimum absolute atomic E-state index is 0.124. The third-order valence-electron chi connectivity index (χ3n) is 2.89. The fraction of sp³-hybridized carbons (Fsp3) is 0.214. The Morgan fingerprint density at radius 2 is 1.70 bits per heavy atom. The molecule has 0 aliphatic rings. The molecular formula is C14H16N2O5S2. The van der Waals surface area contributed by atoms with Crippen LogP contribution in [0.3, 0.4) is 0 Å². The quantitative estimate of drug-likeness (QED) is 0.769. The largest absolute Gasteiger partial charge is 0.497 e. The number of sulfonamides is 1. The summed E-state index contributed by atoms with van der Waals surface area (Å²) in [4.78, 5) is 15.0. The Labute approximate surface area is 138 Å². The number of amides is 1. The molecule has 1 aromatic heterocycles. The van der Waals surface area contributed by atoms with Crippen LogP contribution in [0.15, 0.2) is 34.5 Å². The summed E-state index contributed by atoms with van der Waals surface area (Å²) in [5, 5.41) is 0. The summed E-state index contributed by atoms with van der Waals surface area (Å²) < 4.78 is 34.4. The van der Waals surface area contributed by atoms with Gasteiger partial charge in [-0.3, -0.25) is 10.2 Å². The third kappa shape index (κ3) is 4.21. The first-order chi connectivity index (χ1) is 10.9. The summed E-state index contributed by atoms with van der Waals surface area (Å²) in [6.07, 6.45) is 0. The monoisotopic (exact) mass is 356 g/mol. The average molecular weight is 356 g/mol. The van der Waals surface area contributed by atoms with E-state index in [-0.39, 0.29) is 9.77 Å². The summed E-state index contributed by atoms with van der Waals surface area (Å²) >= 11 is 1.11. The Morgan fingerprint density at radius 1 is 1.09 bits per heavy atom. The molecule has 2 aromatic rings. The predicted molar refractivity (Wildman–Crippen MR) is 86.4 cm³/mol. The van der Waals surface area contributed by atoms with Gasteiger partial charge in [0.2, 0.25) is 0 Å². The number of carbonyl (C=O) groups excluding carboxylic acids is 1. The number of rotatable bonds is 6. The van der Waals surface area contributed by atoms with E-state index >= 15 is 0 Å². The van der Waals surface area contributed by atoms with Crippen molar-refractivity contribution in [3.63, 3.8) is 0 Å². The van der Waals surface area contributed by atoms with Crippen LogP contribution in [0.1, 0.15) is 15.2 Å². The van der Waals surface area contributed by atoms with E-state index in [9.17, 15) is 13.2 Å². The SMILES string of the molecule is COc1cc(OC)cc(C(=O)NNS(=O)(=O)c2ccc(C)s2)c1. The maximum absolute atomic E-state index is 12.1. The summed E-state index contributed by atoms with van der Waals surface area (Å²) in [6.45, 7) is 1.80. The zero-order valence-corrected chi connectivity index (χ0v) is 14.4. The van der Waals surface area contributed by atoms with E-state index in [0.717, 1.165) is 16.2 Å². The molecule has 2 rings (SSSR count). The molecule has 0 aliphatic carbocycles. The third-order valence-corrected chi connectivity index (χ3v) is 5.63. The van der Waals surface area contributed by atoms with Gasteiger partial charge in [-0.2, -0.15) is 0 Å². The lowest BCUT2D eigenvalue weighted by Gasteiger charge is -2.10. The molecular weight excluding hydrogens is 340 g/mol. The van der Waals surface area contributed by atoms with E-state index in [1.54, 1.807) is 19.1 Å². The van der Waals surface area contributed by atoms with Crippen LogP contribution < -0.4 is 19.7 Å². The van der Waals surface area contributed by atoms with Crippen molar-refractivity contribution in [2.75, 3.05) is 14.2 Å². The van der Waals surface area contributed by atoms with Gasteiger partial charge < -0.3 is 9.47 Å². The molecule has 0 saturated carbocycles. The second-order valence-corrected chi connectivity index (χ2v) is 7.72. The Hall–Kier alpha value is -2.10. The molecule has 23 heavy (non-hydrogen) atoms. The highest BCUT2D eigenvalue weighted by atomic mass is 32.2. The van der Waals surface area contributed by atoms with E-state index in [2.05, 4.69) is 10.3 Å². The van der Waals surface area contributed by atoms with E-state index in [4.69, 9.17) is 9.47 Å². The highest BCUT2D eigenvalue weighted by Gasteiger charge is 2.18. The van der Waals surface area contributed by atoms with E-state index in [1.807, 2.05) is 0 Å². The van der Waals surface area contributed by atoms with Gasteiger partial charge in [0.05, 0.1) is 14.2 Å². The number of hydrazine groups is 1. The van der Waals surface area contributed by atoms with Gasteiger partial charge in [0.1, 0.15) is 15.7 Å². The number of aryl methyl sites for hydroxylation is 1. The zero-order valence-electron chi connectivity index (χ0n) is 12.7. The molecule has 9 heteroatoms. The molecule has 0 spiro atoms. The van der Waals surface area contributed by atoms with E-state index in [1.165, 1.54) is 32.4 Å². The van der Waals surface area contributed by atoms with Crippen molar-refractivity contribution in [1.82, 2.24) is 10.3 Å². The Morgan fingerprint density at radius 3 is 2.17 bits per heavy atom. The average Bonchev–Trinajstić information content (AvgIpc) is 2.99. The lowest BCUT2D eigenvalue weighted by molar-refractivity contribution is 0.0944. The molecule has 7 nitrogen and oxygen atoms in total. The number of thiophene rings is 1. The van der Waals surface area contributed by atoms with Gasteiger partial charge in [-0.05, 0) is 31.2 Å². The van der Waals surface area contributed by atoms with Gasteiger partial charge in [-0.1, -0.05) is 0 Å².